The van der Waals surface area contributed by atoms with Crippen LogP contribution in [0.5, 0.6) is 0 Å². The third kappa shape index (κ3) is 3.05. The minimum absolute atomic E-state index is 0.0188. The predicted molar refractivity (Wildman–Crippen MR) is 105 cm³/mol. The molecular formula is C20H21NOS2. The molecule has 1 aromatic carbocycles. The smallest absolute Gasteiger partial charge is 0.262 e. The topological polar surface area (TPSA) is 29.1 Å². The Morgan fingerprint density at radius 1 is 1.21 bits per heavy atom. The number of hydrogen-bond donors (Lipinski definition) is 1. The van der Waals surface area contributed by atoms with Gasteiger partial charge in [0.1, 0.15) is 0 Å². The SMILES string of the molecule is CCc1cccc(NC(=O)C2=Cc3sc4c(c3CS2)CCCC4)c1. The van der Waals surface area contributed by atoms with E-state index in [2.05, 4.69) is 30.4 Å². The van der Waals surface area contributed by atoms with Crippen LogP contribution in [0.15, 0.2) is 29.2 Å². The number of amides is 1. The number of rotatable bonds is 3. The summed E-state index contributed by atoms with van der Waals surface area (Å²) in [5.41, 5.74) is 5.20. The Balaban J connectivity index is 1.56. The Bertz CT molecular complexity index is 819. The maximum atomic E-state index is 12.6. The molecule has 2 aromatic rings. The lowest BCUT2D eigenvalue weighted by atomic mass is 9.95. The fourth-order valence-electron chi connectivity index (χ4n) is 3.43. The van der Waals surface area contributed by atoms with Gasteiger partial charge in [0.15, 0.2) is 0 Å². The van der Waals surface area contributed by atoms with Gasteiger partial charge in [-0.3, -0.25) is 4.79 Å². The summed E-state index contributed by atoms with van der Waals surface area (Å²) in [6, 6.07) is 8.11. The maximum Gasteiger partial charge on any atom is 0.262 e. The van der Waals surface area contributed by atoms with Gasteiger partial charge in [0.2, 0.25) is 0 Å². The van der Waals surface area contributed by atoms with E-state index in [-0.39, 0.29) is 5.91 Å². The maximum absolute atomic E-state index is 12.6. The minimum atomic E-state index is 0.0188. The van der Waals surface area contributed by atoms with Crippen molar-refractivity contribution in [3.63, 3.8) is 0 Å². The molecule has 1 aliphatic heterocycles. The van der Waals surface area contributed by atoms with Gasteiger partial charge in [-0.05, 0) is 67.0 Å². The Labute approximate surface area is 151 Å². The first-order chi connectivity index (χ1) is 11.7. The summed E-state index contributed by atoms with van der Waals surface area (Å²) in [5, 5.41) is 3.06. The molecule has 0 spiro atoms. The van der Waals surface area contributed by atoms with Crippen molar-refractivity contribution < 1.29 is 4.79 Å². The molecule has 4 heteroatoms. The molecule has 2 heterocycles. The minimum Gasteiger partial charge on any atom is -0.322 e. The van der Waals surface area contributed by atoms with Crippen molar-refractivity contribution in [1.82, 2.24) is 0 Å². The number of anilines is 1. The summed E-state index contributed by atoms with van der Waals surface area (Å²) < 4.78 is 0. The molecule has 2 nitrogen and oxygen atoms in total. The molecule has 0 saturated carbocycles. The molecule has 4 rings (SSSR count). The van der Waals surface area contributed by atoms with Crippen LogP contribution in [-0.4, -0.2) is 5.91 Å². The van der Waals surface area contributed by atoms with E-state index in [0.717, 1.165) is 22.8 Å². The van der Waals surface area contributed by atoms with Gasteiger partial charge in [-0.25, -0.2) is 0 Å². The van der Waals surface area contributed by atoms with E-state index >= 15 is 0 Å². The molecule has 2 aliphatic rings. The number of thioether (sulfide) groups is 1. The van der Waals surface area contributed by atoms with Crippen LogP contribution < -0.4 is 5.32 Å². The van der Waals surface area contributed by atoms with Crippen molar-refractivity contribution >= 4 is 40.8 Å². The number of carbonyl (C=O) groups is 1. The van der Waals surface area contributed by atoms with Gasteiger partial charge in [0, 0.05) is 21.2 Å². The molecule has 0 fully saturated rings. The van der Waals surface area contributed by atoms with Crippen LogP contribution in [0.25, 0.3) is 6.08 Å². The van der Waals surface area contributed by atoms with Crippen LogP contribution in [0, 0.1) is 0 Å². The first-order valence-corrected chi connectivity index (χ1v) is 10.4. The lowest BCUT2D eigenvalue weighted by Gasteiger charge is -2.16. The number of benzene rings is 1. The second-order valence-corrected chi connectivity index (χ2v) is 8.51. The van der Waals surface area contributed by atoms with E-state index in [1.54, 1.807) is 22.2 Å². The Morgan fingerprint density at radius 3 is 2.96 bits per heavy atom. The zero-order valence-corrected chi connectivity index (χ0v) is 15.5. The number of aryl methyl sites for hydroxylation is 2. The van der Waals surface area contributed by atoms with Crippen LogP contribution in [0.1, 0.15) is 46.2 Å². The number of fused-ring (bicyclic) bond motifs is 3. The van der Waals surface area contributed by atoms with E-state index in [0.29, 0.717) is 0 Å². The highest BCUT2D eigenvalue weighted by Crippen LogP contribution is 2.42. The lowest BCUT2D eigenvalue weighted by molar-refractivity contribution is -0.112. The molecule has 0 unspecified atom stereocenters. The van der Waals surface area contributed by atoms with E-state index in [9.17, 15) is 4.79 Å². The van der Waals surface area contributed by atoms with Gasteiger partial charge in [-0.1, -0.05) is 19.1 Å². The molecule has 1 aliphatic carbocycles. The largest absolute Gasteiger partial charge is 0.322 e. The van der Waals surface area contributed by atoms with Crippen molar-refractivity contribution in [2.45, 2.75) is 44.8 Å². The van der Waals surface area contributed by atoms with E-state index in [1.807, 2.05) is 23.5 Å². The number of nitrogens with one attached hydrogen (secondary N) is 1. The predicted octanol–water partition coefficient (Wildman–Crippen LogP) is 5.42. The third-order valence-corrected chi connectivity index (χ3v) is 7.09. The normalized spacial score (nSPS) is 16.1. The highest BCUT2D eigenvalue weighted by Gasteiger charge is 2.25. The fraction of sp³-hybridized carbons (Fsp3) is 0.350. The summed E-state index contributed by atoms with van der Waals surface area (Å²) in [6.45, 7) is 2.13. The van der Waals surface area contributed by atoms with Gasteiger partial charge in [0.05, 0.1) is 4.91 Å². The van der Waals surface area contributed by atoms with E-state index < -0.39 is 0 Å². The van der Waals surface area contributed by atoms with Crippen molar-refractivity contribution in [2.75, 3.05) is 5.32 Å². The van der Waals surface area contributed by atoms with Crippen molar-refractivity contribution in [1.29, 1.82) is 0 Å². The number of carbonyl (C=O) groups excluding carboxylic acids is 1. The third-order valence-electron chi connectivity index (χ3n) is 4.76. The van der Waals surface area contributed by atoms with Gasteiger partial charge < -0.3 is 5.32 Å². The highest BCUT2D eigenvalue weighted by molar-refractivity contribution is 8.03. The summed E-state index contributed by atoms with van der Waals surface area (Å²) in [5.74, 6) is 0.959. The zero-order chi connectivity index (χ0) is 16.5. The molecule has 0 bridgehead atoms. The van der Waals surface area contributed by atoms with Crippen LogP contribution in [0.3, 0.4) is 0 Å². The number of hydrogen-bond acceptors (Lipinski definition) is 3. The van der Waals surface area contributed by atoms with Gasteiger partial charge in [-0.2, -0.15) is 0 Å². The van der Waals surface area contributed by atoms with E-state index in [1.165, 1.54) is 41.7 Å². The van der Waals surface area contributed by atoms with Crippen LogP contribution in [0.4, 0.5) is 5.69 Å². The summed E-state index contributed by atoms with van der Waals surface area (Å²) in [7, 11) is 0. The van der Waals surface area contributed by atoms with Crippen molar-refractivity contribution in [3.05, 3.63) is 55.6 Å². The molecule has 0 atom stereocenters. The first-order valence-electron chi connectivity index (χ1n) is 8.63. The zero-order valence-electron chi connectivity index (χ0n) is 13.9. The quantitative estimate of drug-likeness (QED) is 0.797. The standard InChI is InChI=1S/C20H21NOS2/c1-2-13-6-5-7-14(10-13)21-20(22)19-11-18-16(12-23-19)15-8-3-4-9-17(15)24-18/h5-7,10-11H,2-4,8-9,12H2,1H3,(H,21,22). The monoisotopic (exact) mass is 355 g/mol. The first kappa shape index (κ1) is 16.0. The molecular weight excluding hydrogens is 334 g/mol. The van der Waals surface area contributed by atoms with Crippen LogP contribution >= 0.6 is 23.1 Å². The average molecular weight is 356 g/mol. The lowest BCUT2D eigenvalue weighted by Crippen LogP contribution is -2.14. The summed E-state index contributed by atoms with van der Waals surface area (Å²) in [6.07, 6.45) is 8.14. The van der Waals surface area contributed by atoms with Crippen molar-refractivity contribution in [2.24, 2.45) is 0 Å². The molecule has 1 N–H and O–H groups in total. The summed E-state index contributed by atoms with van der Waals surface area (Å²) in [4.78, 5) is 16.3. The van der Waals surface area contributed by atoms with E-state index in [4.69, 9.17) is 0 Å². The summed E-state index contributed by atoms with van der Waals surface area (Å²) >= 11 is 3.58. The number of thiophene rings is 1. The van der Waals surface area contributed by atoms with Gasteiger partial charge in [0.25, 0.3) is 5.91 Å². The van der Waals surface area contributed by atoms with Crippen LogP contribution in [-0.2, 0) is 29.8 Å². The Morgan fingerprint density at radius 2 is 2.08 bits per heavy atom. The Kier molecular flexibility index (Phi) is 4.51. The second kappa shape index (κ2) is 6.77. The molecule has 124 valence electrons. The Hall–Kier alpha value is -1.52. The fourth-order valence-corrected chi connectivity index (χ4v) is 5.97. The highest BCUT2D eigenvalue weighted by atomic mass is 32.2. The molecule has 0 saturated heterocycles. The molecule has 1 aromatic heterocycles. The molecule has 0 radical (unpaired) electrons. The molecule has 24 heavy (non-hydrogen) atoms. The molecule has 1 amide bonds. The average Bonchev–Trinajstić information content (AvgIpc) is 2.99. The van der Waals surface area contributed by atoms with Gasteiger partial charge in [-0.15, -0.1) is 23.1 Å². The van der Waals surface area contributed by atoms with Crippen LogP contribution in [0.2, 0.25) is 0 Å². The van der Waals surface area contributed by atoms with Gasteiger partial charge >= 0.3 is 0 Å². The van der Waals surface area contributed by atoms with Crippen molar-refractivity contribution in [3.8, 4) is 0 Å². The second-order valence-electron chi connectivity index (χ2n) is 6.36.